The van der Waals surface area contributed by atoms with Gasteiger partial charge in [-0.2, -0.15) is 0 Å². The van der Waals surface area contributed by atoms with Crippen LogP contribution in [0.3, 0.4) is 0 Å². The minimum atomic E-state index is -1.07. The van der Waals surface area contributed by atoms with Gasteiger partial charge in [0.05, 0.1) is 12.3 Å². The van der Waals surface area contributed by atoms with Crippen LogP contribution < -0.4 is 0 Å². The van der Waals surface area contributed by atoms with Crippen molar-refractivity contribution in [3.8, 4) is 0 Å². The number of hydrogen-bond donors (Lipinski definition) is 1. The van der Waals surface area contributed by atoms with E-state index in [0.29, 0.717) is 18.2 Å². The van der Waals surface area contributed by atoms with E-state index in [1.807, 2.05) is 0 Å². The number of ether oxygens (including phenoxy) is 1. The van der Waals surface area contributed by atoms with E-state index in [1.54, 1.807) is 19.1 Å². The molecule has 0 radical (unpaired) electrons. The van der Waals surface area contributed by atoms with Crippen LogP contribution >= 0.6 is 0 Å². The van der Waals surface area contributed by atoms with Crippen molar-refractivity contribution in [2.45, 2.75) is 13.3 Å². The third-order valence-electron chi connectivity index (χ3n) is 2.81. The predicted octanol–water partition coefficient (Wildman–Crippen LogP) is 2.44. The van der Waals surface area contributed by atoms with Crippen molar-refractivity contribution in [2.75, 3.05) is 6.61 Å². The summed E-state index contributed by atoms with van der Waals surface area (Å²) in [6.07, 6.45) is 2.35. The molecule has 7 heteroatoms. The molecule has 0 fully saturated rings. The van der Waals surface area contributed by atoms with Crippen molar-refractivity contribution in [2.24, 2.45) is 0 Å². The number of esters is 1. The van der Waals surface area contributed by atoms with Crippen LogP contribution in [0, 0.1) is 5.82 Å². The molecule has 0 aliphatic carbocycles. The molecule has 0 bridgehead atoms. The number of halogens is 1. The van der Waals surface area contributed by atoms with Crippen LogP contribution in [-0.2, 0) is 20.7 Å². The Bertz CT molecular complexity index is 733. The Morgan fingerprint density at radius 2 is 2.04 bits per heavy atom. The van der Waals surface area contributed by atoms with Crippen molar-refractivity contribution in [3.05, 3.63) is 59.6 Å². The number of rotatable bonds is 6. The Labute approximate surface area is 131 Å². The summed E-state index contributed by atoms with van der Waals surface area (Å²) in [4.78, 5) is 26.6. The molecule has 0 unspecified atom stereocenters. The molecule has 0 amide bonds. The lowest BCUT2D eigenvalue weighted by Gasteiger charge is -1.97. The number of benzene rings is 1. The highest BCUT2D eigenvalue weighted by molar-refractivity contribution is 6.39. The summed E-state index contributed by atoms with van der Waals surface area (Å²) in [6.45, 7) is 1.62. The van der Waals surface area contributed by atoms with Gasteiger partial charge in [0, 0.05) is 12.5 Å². The van der Waals surface area contributed by atoms with E-state index >= 15 is 0 Å². The van der Waals surface area contributed by atoms with Gasteiger partial charge in [-0.1, -0.05) is 12.1 Å². The minimum absolute atomic E-state index is 0.0556. The van der Waals surface area contributed by atoms with Crippen molar-refractivity contribution in [1.29, 1.82) is 0 Å². The number of nitrogens with zero attached hydrogens (tertiary/aromatic N) is 1. The number of oxazole rings is 1. The lowest BCUT2D eigenvalue weighted by molar-refractivity contribution is -0.151. The average molecular weight is 319 g/mol. The zero-order chi connectivity index (χ0) is 16.8. The first kappa shape index (κ1) is 16.4. The number of aliphatic hydroxyl groups is 1. The first-order valence-electron chi connectivity index (χ1n) is 6.80. The normalized spacial score (nSPS) is 11.3. The molecule has 0 saturated carbocycles. The van der Waals surface area contributed by atoms with E-state index in [4.69, 9.17) is 4.42 Å². The molecule has 0 saturated heterocycles. The van der Waals surface area contributed by atoms with Crippen LogP contribution in [-0.4, -0.2) is 28.4 Å². The summed E-state index contributed by atoms with van der Waals surface area (Å²) in [5.41, 5.74) is 1.28. The molecular formula is C16H14FNO5. The van der Waals surface area contributed by atoms with Gasteiger partial charge < -0.3 is 14.3 Å². The molecule has 1 aromatic heterocycles. The number of hydrogen-bond acceptors (Lipinski definition) is 6. The maximum absolute atomic E-state index is 12.8. The van der Waals surface area contributed by atoms with E-state index in [2.05, 4.69) is 9.72 Å². The Morgan fingerprint density at radius 1 is 1.35 bits per heavy atom. The number of aromatic nitrogens is 1. The summed E-state index contributed by atoms with van der Waals surface area (Å²) < 4.78 is 22.4. The third-order valence-corrected chi connectivity index (χ3v) is 2.81. The molecule has 23 heavy (non-hydrogen) atoms. The van der Waals surface area contributed by atoms with Gasteiger partial charge in [0.1, 0.15) is 12.1 Å². The van der Waals surface area contributed by atoms with E-state index in [9.17, 15) is 19.1 Å². The molecule has 0 spiro atoms. The van der Waals surface area contributed by atoms with Crippen LogP contribution in [0.1, 0.15) is 24.1 Å². The highest BCUT2D eigenvalue weighted by atomic mass is 19.1. The van der Waals surface area contributed by atoms with Gasteiger partial charge in [-0.3, -0.25) is 4.79 Å². The number of carbonyl (C=O) groups is 2. The van der Waals surface area contributed by atoms with Crippen LogP contribution in [0.25, 0.3) is 5.76 Å². The van der Waals surface area contributed by atoms with E-state index in [1.165, 1.54) is 18.4 Å². The molecule has 1 aromatic carbocycles. The van der Waals surface area contributed by atoms with E-state index in [0.717, 1.165) is 5.56 Å². The smallest absolute Gasteiger partial charge is 0.379 e. The molecule has 0 aliphatic heterocycles. The second-order valence-electron chi connectivity index (χ2n) is 4.56. The Hall–Kier alpha value is -2.96. The monoisotopic (exact) mass is 319 g/mol. The van der Waals surface area contributed by atoms with Crippen molar-refractivity contribution in [3.63, 3.8) is 0 Å². The van der Waals surface area contributed by atoms with Crippen LogP contribution in [0.5, 0.6) is 0 Å². The number of ketones is 1. The van der Waals surface area contributed by atoms with Gasteiger partial charge in [-0.25, -0.2) is 14.2 Å². The third kappa shape index (κ3) is 4.50. The molecule has 2 rings (SSSR count). The molecular weight excluding hydrogens is 305 g/mol. The zero-order valence-corrected chi connectivity index (χ0v) is 12.3. The standard InChI is InChI=1S/C16H14FNO5/c1-2-22-16(21)14(20)8-13(19)15-18-12(9-23-15)7-10-3-5-11(17)6-4-10/h3-6,8-9,19H,2,7H2,1H3. The predicted molar refractivity (Wildman–Crippen MR) is 78.0 cm³/mol. The van der Waals surface area contributed by atoms with Gasteiger partial charge in [0.25, 0.3) is 11.7 Å². The summed E-state index contributed by atoms with van der Waals surface area (Å²) in [5.74, 6) is -3.19. The second-order valence-corrected chi connectivity index (χ2v) is 4.56. The van der Waals surface area contributed by atoms with E-state index in [-0.39, 0.29) is 18.3 Å². The average Bonchev–Trinajstić information content (AvgIpc) is 2.98. The SMILES string of the molecule is CCOC(=O)C(=O)C=C(O)c1nc(Cc2ccc(F)cc2)co1. The molecule has 1 N–H and O–H groups in total. The quantitative estimate of drug-likeness (QED) is 0.381. The fraction of sp³-hybridized carbons (Fsp3) is 0.188. The summed E-state index contributed by atoms with van der Waals surface area (Å²) in [5, 5.41) is 9.75. The first-order chi connectivity index (χ1) is 11.0. The summed E-state index contributed by atoms with van der Waals surface area (Å²) in [6, 6.07) is 5.85. The lowest BCUT2D eigenvalue weighted by atomic mass is 10.1. The Morgan fingerprint density at radius 3 is 2.70 bits per heavy atom. The highest BCUT2D eigenvalue weighted by Gasteiger charge is 2.16. The Kier molecular flexibility index (Phi) is 5.24. The summed E-state index contributed by atoms with van der Waals surface area (Å²) >= 11 is 0. The van der Waals surface area contributed by atoms with Crippen LogP contribution in [0.2, 0.25) is 0 Å². The minimum Gasteiger partial charge on any atom is -0.503 e. The molecule has 0 aliphatic rings. The topological polar surface area (TPSA) is 89.6 Å². The largest absolute Gasteiger partial charge is 0.503 e. The number of carbonyl (C=O) groups excluding carboxylic acids is 2. The lowest BCUT2D eigenvalue weighted by Crippen LogP contribution is -2.15. The molecule has 2 aromatic rings. The van der Waals surface area contributed by atoms with Gasteiger partial charge in [-0.05, 0) is 24.6 Å². The molecule has 0 atom stereocenters. The fourth-order valence-electron chi connectivity index (χ4n) is 1.76. The van der Waals surface area contributed by atoms with Crippen molar-refractivity contribution < 1.29 is 28.2 Å². The van der Waals surface area contributed by atoms with Crippen LogP contribution in [0.4, 0.5) is 4.39 Å². The van der Waals surface area contributed by atoms with Gasteiger partial charge >= 0.3 is 5.97 Å². The fourth-order valence-corrected chi connectivity index (χ4v) is 1.76. The Balaban J connectivity index is 2.07. The number of aliphatic hydroxyl groups excluding tert-OH is 1. The van der Waals surface area contributed by atoms with Gasteiger partial charge in [0.15, 0.2) is 5.76 Å². The zero-order valence-electron chi connectivity index (χ0n) is 12.3. The molecule has 1 heterocycles. The maximum atomic E-state index is 12.8. The van der Waals surface area contributed by atoms with Crippen molar-refractivity contribution in [1.82, 2.24) is 4.98 Å². The summed E-state index contributed by atoms with van der Waals surface area (Å²) in [7, 11) is 0. The van der Waals surface area contributed by atoms with Gasteiger partial charge in [-0.15, -0.1) is 0 Å². The van der Waals surface area contributed by atoms with Crippen molar-refractivity contribution >= 4 is 17.5 Å². The van der Waals surface area contributed by atoms with Gasteiger partial charge in [0.2, 0.25) is 0 Å². The highest BCUT2D eigenvalue weighted by Crippen LogP contribution is 2.15. The maximum Gasteiger partial charge on any atom is 0.379 e. The molecule has 6 nitrogen and oxygen atoms in total. The molecule has 120 valence electrons. The first-order valence-corrected chi connectivity index (χ1v) is 6.80. The van der Waals surface area contributed by atoms with E-state index < -0.39 is 17.5 Å². The van der Waals surface area contributed by atoms with Crippen LogP contribution in [0.15, 0.2) is 41.0 Å². The second kappa shape index (κ2) is 7.35.